The van der Waals surface area contributed by atoms with E-state index in [9.17, 15) is 13.2 Å². The van der Waals surface area contributed by atoms with Gasteiger partial charge in [-0.1, -0.05) is 17.7 Å². The van der Waals surface area contributed by atoms with Gasteiger partial charge in [0.25, 0.3) is 0 Å². The summed E-state index contributed by atoms with van der Waals surface area (Å²) in [5.74, 6) is 1.07. The number of carbonyl (C=O) groups is 1. The minimum Gasteiger partial charge on any atom is -0.497 e. The van der Waals surface area contributed by atoms with Gasteiger partial charge in [0, 0.05) is 29.7 Å². The van der Waals surface area contributed by atoms with Crippen LogP contribution in [0.1, 0.15) is 26.2 Å². The third-order valence-corrected chi connectivity index (χ3v) is 6.76. The number of nitrogens with one attached hydrogen (secondary N) is 1. The summed E-state index contributed by atoms with van der Waals surface area (Å²) in [6.45, 7) is 2.05. The van der Waals surface area contributed by atoms with Crippen molar-refractivity contribution in [3.05, 3.63) is 53.6 Å². The summed E-state index contributed by atoms with van der Waals surface area (Å²) in [6, 6.07) is 13.4. The Morgan fingerprint density at radius 1 is 1.24 bits per heavy atom. The monoisotopic (exact) mass is 436 g/mol. The van der Waals surface area contributed by atoms with E-state index in [2.05, 4.69) is 4.72 Å². The van der Waals surface area contributed by atoms with Crippen LogP contribution in [-0.2, 0) is 14.8 Å². The molecule has 8 heteroatoms. The van der Waals surface area contributed by atoms with E-state index in [1.54, 1.807) is 24.1 Å². The molecule has 1 aliphatic rings. The second kappa shape index (κ2) is 9.15. The zero-order valence-corrected chi connectivity index (χ0v) is 18.0. The lowest BCUT2D eigenvalue weighted by Gasteiger charge is -2.30. The minimum atomic E-state index is -3.72. The van der Waals surface area contributed by atoms with Gasteiger partial charge in [-0.15, -0.1) is 0 Å². The van der Waals surface area contributed by atoms with Gasteiger partial charge in [0.15, 0.2) is 0 Å². The van der Waals surface area contributed by atoms with Crippen molar-refractivity contribution in [1.82, 2.24) is 4.72 Å². The van der Waals surface area contributed by atoms with Gasteiger partial charge in [-0.3, -0.25) is 4.79 Å². The predicted octanol–water partition coefficient (Wildman–Crippen LogP) is 3.85. The molecule has 0 radical (unpaired) electrons. The summed E-state index contributed by atoms with van der Waals surface area (Å²) in [5.41, 5.74) is 0.785. The molecule has 0 heterocycles. The molecule has 1 fully saturated rings. The highest BCUT2D eigenvalue weighted by atomic mass is 35.5. The molecule has 156 valence electrons. The molecule has 1 amide bonds. The first-order valence-electron chi connectivity index (χ1n) is 9.53. The fourth-order valence-corrected chi connectivity index (χ4v) is 4.60. The van der Waals surface area contributed by atoms with E-state index in [0.717, 1.165) is 24.3 Å². The summed E-state index contributed by atoms with van der Waals surface area (Å²) < 4.78 is 32.5. The van der Waals surface area contributed by atoms with E-state index in [4.69, 9.17) is 16.3 Å². The van der Waals surface area contributed by atoms with Gasteiger partial charge in [-0.2, -0.15) is 0 Å². The smallest absolute Gasteiger partial charge is 0.240 e. The summed E-state index contributed by atoms with van der Waals surface area (Å²) in [7, 11) is -2.13. The second-order valence-corrected chi connectivity index (χ2v) is 9.35. The first-order valence-corrected chi connectivity index (χ1v) is 11.4. The van der Waals surface area contributed by atoms with Gasteiger partial charge in [0.1, 0.15) is 5.75 Å². The molecule has 0 aliphatic heterocycles. The van der Waals surface area contributed by atoms with Crippen LogP contribution in [0.5, 0.6) is 5.75 Å². The number of nitrogens with zero attached hydrogens (tertiary/aromatic N) is 1. The topological polar surface area (TPSA) is 75.7 Å². The standard InChI is InChI=1S/C21H25ClN2O4S/c1-15(16-6-7-16)24(18-8-10-19(28-2)11-9-18)21(25)12-13-23-29(26,27)20-5-3-4-17(22)14-20/h3-5,8-11,14-16,23H,6-7,12-13H2,1-2H3. The molecule has 6 nitrogen and oxygen atoms in total. The Kier molecular flexibility index (Phi) is 6.82. The lowest BCUT2D eigenvalue weighted by atomic mass is 10.1. The van der Waals surface area contributed by atoms with Crippen molar-refractivity contribution in [2.24, 2.45) is 5.92 Å². The molecule has 2 aromatic rings. The average Bonchev–Trinajstić information content (AvgIpc) is 3.54. The molecule has 0 bridgehead atoms. The maximum absolute atomic E-state index is 13.0. The Hall–Kier alpha value is -2.09. The largest absolute Gasteiger partial charge is 0.497 e. The maximum atomic E-state index is 13.0. The summed E-state index contributed by atoms with van der Waals surface area (Å²) in [6.07, 6.45) is 2.26. The quantitative estimate of drug-likeness (QED) is 0.647. The molecule has 0 aromatic heterocycles. The van der Waals surface area contributed by atoms with Crippen LogP contribution in [0, 0.1) is 5.92 Å². The highest BCUT2D eigenvalue weighted by Gasteiger charge is 2.35. The zero-order valence-electron chi connectivity index (χ0n) is 16.5. The number of ether oxygens (including phenoxy) is 1. The summed E-state index contributed by atoms with van der Waals surface area (Å²) >= 11 is 5.87. The number of rotatable bonds is 9. The van der Waals surface area contributed by atoms with E-state index in [1.807, 2.05) is 31.2 Å². The Labute approximate surface area is 176 Å². The highest BCUT2D eigenvalue weighted by Crippen LogP contribution is 2.37. The van der Waals surface area contributed by atoms with E-state index >= 15 is 0 Å². The number of carbonyl (C=O) groups excluding carboxylic acids is 1. The van der Waals surface area contributed by atoms with Crippen LogP contribution in [0.4, 0.5) is 5.69 Å². The number of benzene rings is 2. The maximum Gasteiger partial charge on any atom is 0.240 e. The predicted molar refractivity (Wildman–Crippen MR) is 114 cm³/mol. The third kappa shape index (κ3) is 5.50. The fraction of sp³-hybridized carbons (Fsp3) is 0.381. The molecule has 29 heavy (non-hydrogen) atoms. The molecule has 1 N–H and O–H groups in total. The van der Waals surface area contributed by atoms with Gasteiger partial charge >= 0.3 is 0 Å². The molecule has 3 rings (SSSR count). The van der Waals surface area contributed by atoms with Crippen molar-refractivity contribution in [1.29, 1.82) is 0 Å². The fourth-order valence-electron chi connectivity index (χ4n) is 3.27. The number of halogens is 1. The van der Waals surface area contributed by atoms with Crippen LogP contribution in [0.3, 0.4) is 0 Å². The second-order valence-electron chi connectivity index (χ2n) is 7.14. The van der Waals surface area contributed by atoms with Gasteiger partial charge < -0.3 is 9.64 Å². The van der Waals surface area contributed by atoms with E-state index in [-0.39, 0.29) is 29.8 Å². The van der Waals surface area contributed by atoms with Crippen LogP contribution in [0.2, 0.25) is 5.02 Å². The van der Waals surface area contributed by atoms with Gasteiger partial charge in [0.05, 0.1) is 12.0 Å². The number of sulfonamides is 1. The number of amides is 1. The van der Waals surface area contributed by atoms with Crippen molar-refractivity contribution in [2.75, 3.05) is 18.6 Å². The van der Waals surface area contributed by atoms with Crippen LogP contribution in [0.25, 0.3) is 0 Å². The van der Waals surface area contributed by atoms with Crippen LogP contribution < -0.4 is 14.4 Å². The third-order valence-electron chi connectivity index (χ3n) is 5.07. The average molecular weight is 437 g/mol. The number of methoxy groups -OCH3 is 1. The summed E-state index contributed by atoms with van der Waals surface area (Å²) in [4.78, 5) is 14.8. The molecule has 0 saturated heterocycles. The highest BCUT2D eigenvalue weighted by molar-refractivity contribution is 7.89. The molecule has 1 aliphatic carbocycles. The van der Waals surface area contributed by atoms with Gasteiger partial charge in [-0.05, 0) is 68.1 Å². The Bertz CT molecular complexity index is 959. The zero-order chi connectivity index (χ0) is 21.0. The molecule has 0 spiro atoms. The molecular formula is C21H25ClN2O4S. The Balaban J connectivity index is 1.68. The minimum absolute atomic E-state index is 0.0116. The molecule has 1 saturated carbocycles. The van der Waals surface area contributed by atoms with Crippen LogP contribution in [0.15, 0.2) is 53.4 Å². The van der Waals surface area contributed by atoms with E-state index in [0.29, 0.717) is 10.9 Å². The van der Waals surface area contributed by atoms with E-state index < -0.39 is 10.0 Å². The SMILES string of the molecule is COc1ccc(N(C(=O)CCNS(=O)(=O)c2cccc(Cl)c2)C(C)C2CC2)cc1. The van der Waals surface area contributed by atoms with Crippen LogP contribution in [-0.4, -0.2) is 34.0 Å². The van der Waals surface area contributed by atoms with Crippen molar-refractivity contribution in [3.63, 3.8) is 0 Å². The van der Waals surface area contributed by atoms with Crippen molar-refractivity contribution < 1.29 is 17.9 Å². The van der Waals surface area contributed by atoms with E-state index in [1.165, 1.54) is 12.1 Å². The number of hydrogen-bond donors (Lipinski definition) is 1. The Morgan fingerprint density at radius 2 is 1.93 bits per heavy atom. The number of anilines is 1. The Morgan fingerprint density at radius 3 is 2.52 bits per heavy atom. The first kappa shape index (κ1) is 21.6. The van der Waals surface area contributed by atoms with Crippen molar-refractivity contribution in [2.45, 2.75) is 37.1 Å². The summed E-state index contributed by atoms with van der Waals surface area (Å²) in [5, 5.41) is 0.341. The molecule has 2 aromatic carbocycles. The first-order chi connectivity index (χ1) is 13.8. The lowest BCUT2D eigenvalue weighted by molar-refractivity contribution is -0.119. The number of hydrogen-bond acceptors (Lipinski definition) is 4. The molecule has 1 unspecified atom stereocenters. The van der Waals surface area contributed by atoms with Gasteiger partial charge in [-0.25, -0.2) is 13.1 Å². The normalized spacial score (nSPS) is 15.0. The van der Waals surface area contributed by atoms with Gasteiger partial charge in [0.2, 0.25) is 15.9 Å². The van der Waals surface area contributed by atoms with Crippen LogP contribution >= 0.6 is 11.6 Å². The van der Waals surface area contributed by atoms with Crippen molar-refractivity contribution >= 4 is 33.2 Å². The molecule has 1 atom stereocenters. The molecular weight excluding hydrogens is 412 g/mol. The van der Waals surface area contributed by atoms with Crippen molar-refractivity contribution in [3.8, 4) is 5.75 Å². The lowest BCUT2D eigenvalue weighted by Crippen LogP contribution is -2.41.